The first kappa shape index (κ1) is 22.0. The molecule has 0 aliphatic carbocycles. The molecule has 6 heteroatoms. The van der Waals surface area contributed by atoms with Gasteiger partial charge in [0.25, 0.3) is 0 Å². The van der Waals surface area contributed by atoms with Gasteiger partial charge in [-0.3, -0.25) is 4.99 Å². The molecule has 0 fully saturated rings. The van der Waals surface area contributed by atoms with Crippen LogP contribution in [0.3, 0.4) is 0 Å². The topological polar surface area (TPSA) is 71.7 Å². The van der Waals surface area contributed by atoms with Gasteiger partial charge < -0.3 is 19.9 Å². The van der Waals surface area contributed by atoms with E-state index in [-0.39, 0.29) is 0 Å². The van der Waals surface area contributed by atoms with E-state index in [9.17, 15) is 0 Å². The van der Waals surface area contributed by atoms with Gasteiger partial charge in [0, 0.05) is 32.2 Å². The molecule has 1 aromatic carbocycles. The number of aliphatic imine (C=N–C) groups is 1. The second-order valence-corrected chi connectivity index (χ2v) is 6.79. The number of guanidine groups is 1. The van der Waals surface area contributed by atoms with Crippen LogP contribution in [-0.4, -0.2) is 37.9 Å². The molecule has 2 N–H and O–H groups in total. The molecule has 0 aliphatic heterocycles. The van der Waals surface area contributed by atoms with Crippen LogP contribution in [0.2, 0.25) is 0 Å². The molecule has 1 aromatic heterocycles. The zero-order valence-corrected chi connectivity index (χ0v) is 17.4. The minimum Gasteiger partial charge on any atom is -0.381 e. The third-order valence-electron chi connectivity index (χ3n) is 4.77. The monoisotopic (exact) mass is 386 g/mol. The summed E-state index contributed by atoms with van der Waals surface area (Å²) in [6.07, 6.45) is 4.03. The number of benzene rings is 1. The number of rotatable bonds is 12. The van der Waals surface area contributed by atoms with Crippen molar-refractivity contribution in [2.75, 3.05) is 26.8 Å². The van der Waals surface area contributed by atoms with Crippen LogP contribution in [0.1, 0.15) is 56.0 Å². The molecular weight excluding hydrogens is 352 g/mol. The van der Waals surface area contributed by atoms with Crippen molar-refractivity contribution in [1.82, 2.24) is 15.8 Å². The first-order valence-electron chi connectivity index (χ1n) is 10.3. The SMILES string of the molecule is CCC(CC)c1cc(CNC(=NC)NCCCOCCc2ccccc2)on1. The van der Waals surface area contributed by atoms with E-state index in [2.05, 4.69) is 58.9 Å². The molecule has 0 atom stereocenters. The molecule has 0 saturated carbocycles. The smallest absolute Gasteiger partial charge is 0.191 e. The highest BCUT2D eigenvalue weighted by molar-refractivity contribution is 5.79. The molecule has 0 radical (unpaired) electrons. The molecule has 0 spiro atoms. The Balaban J connectivity index is 1.57. The number of hydrogen-bond acceptors (Lipinski definition) is 4. The lowest BCUT2D eigenvalue weighted by molar-refractivity contribution is 0.135. The molecule has 0 saturated heterocycles. The third kappa shape index (κ3) is 7.72. The zero-order valence-electron chi connectivity index (χ0n) is 17.4. The lowest BCUT2D eigenvalue weighted by Crippen LogP contribution is -2.37. The summed E-state index contributed by atoms with van der Waals surface area (Å²) in [5, 5.41) is 10.8. The maximum atomic E-state index is 5.71. The maximum Gasteiger partial charge on any atom is 0.191 e. The van der Waals surface area contributed by atoms with Gasteiger partial charge in [-0.2, -0.15) is 0 Å². The summed E-state index contributed by atoms with van der Waals surface area (Å²) < 4.78 is 11.1. The molecular formula is C22H34N4O2. The summed E-state index contributed by atoms with van der Waals surface area (Å²) in [6.45, 7) is 7.22. The zero-order chi connectivity index (χ0) is 20.0. The molecule has 28 heavy (non-hydrogen) atoms. The Kier molecular flexibility index (Phi) is 10.1. The van der Waals surface area contributed by atoms with Gasteiger partial charge in [-0.25, -0.2) is 0 Å². The summed E-state index contributed by atoms with van der Waals surface area (Å²) >= 11 is 0. The highest BCUT2D eigenvalue weighted by atomic mass is 16.5. The van der Waals surface area contributed by atoms with Crippen molar-refractivity contribution in [3.8, 4) is 0 Å². The van der Waals surface area contributed by atoms with Crippen LogP contribution in [0.5, 0.6) is 0 Å². The van der Waals surface area contributed by atoms with E-state index in [0.717, 1.165) is 62.9 Å². The van der Waals surface area contributed by atoms with Gasteiger partial charge in [0.2, 0.25) is 0 Å². The summed E-state index contributed by atoms with van der Waals surface area (Å²) in [7, 11) is 1.77. The number of nitrogens with zero attached hydrogens (tertiary/aromatic N) is 2. The van der Waals surface area contributed by atoms with Crippen LogP contribution < -0.4 is 10.6 Å². The summed E-state index contributed by atoms with van der Waals surface area (Å²) in [5.74, 6) is 2.05. The summed E-state index contributed by atoms with van der Waals surface area (Å²) in [4.78, 5) is 4.24. The summed E-state index contributed by atoms with van der Waals surface area (Å²) in [6, 6.07) is 12.4. The van der Waals surface area contributed by atoms with Crippen molar-refractivity contribution in [3.05, 3.63) is 53.4 Å². The van der Waals surface area contributed by atoms with E-state index in [0.29, 0.717) is 12.5 Å². The Morgan fingerprint density at radius 2 is 1.93 bits per heavy atom. The van der Waals surface area contributed by atoms with E-state index in [1.807, 2.05) is 12.1 Å². The first-order valence-corrected chi connectivity index (χ1v) is 10.3. The van der Waals surface area contributed by atoms with E-state index < -0.39 is 0 Å². The average molecular weight is 387 g/mol. The van der Waals surface area contributed by atoms with Crippen molar-refractivity contribution in [1.29, 1.82) is 0 Å². The molecule has 2 aromatic rings. The Hall–Kier alpha value is -2.34. The Morgan fingerprint density at radius 1 is 1.14 bits per heavy atom. The largest absolute Gasteiger partial charge is 0.381 e. The Labute approximate surface area is 168 Å². The average Bonchev–Trinajstić information content (AvgIpc) is 3.20. The van der Waals surface area contributed by atoms with E-state index >= 15 is 0 Å². The Bertz CT molecular complexity index is 681. The van der Waals surface area contributed by atoms with E-state index in [1.165, 1.54) is 5.56 Å². The van der Waals surface area contributed by atoms with Gasteiger partial charge in [-0.1, -0.05) is 49.3 Å². The maximum absolute atomic E-state index is 5.71. The van der Waals surface area contributed by atoms with Crippen LogP contribution in [0.4, 0.5) is 0 Å². The quantitative estimate of drug-likeness (QED) is 0.329. The van der Waals surface area contributed by atoms with Crippen LogP contribution >= 0.6 is 0 Å². The van der Waals surface area contributed by atoms with Crippen LogP contribution in [0, 0.1) is 0 Å². The number of hydrogen-bond donors (Lipinski definition) is 2. The second-order valence-electron chi connectivity index (χ2n) is 6.79. The molecule has 154 valence electrons. The highest BCUT2D eigenvalue weighted by Crippen LogP contribution is 2.22. The fourth-order valence-electron chi connectivity index (χ4n) is 3.02. The van der Waals surface area contributed by atoms with Gasteiger partial charge in [-0.05, 0) is 31.2 Å². The third-order valence-corrected chi connectivity index (χ3v) is 4.77. The first-order chi connectivity index (χ1) is 13.8. The minimum atomic E-state index is 0.469. The van der Waals surface area contributed by atoms with Crippen molar-refractivity contribution >= 4 is 5.96 Å². The molecule has 0 amide bonds. The lowest BCUT2D eigenvalue weighted by atomic mass is 9.99. The molecule has 0 bridgehead atoms. The predicted molar refractivity (Wildman–Crippen MR) is 114 cm³/mol. The molecule has 1 heterocycles. The second kappa shape index (κ2) is 12.9. The normalized spacial score (nSPS) is 11.8. The minimum absolute atomic E-state index is 0.469. The van der Waals surface area contributed by atoms with Gasteiger partial charge >= 0.3 is 0 Å². The predicted octanol–water partition coefficient (Wildman–Crippen LogP) is 3.89. The number of ether oxygens (including phenoxy) is 1. The van der Waals surface area contributed by atoms with Crippen molar-refractivity contribution < 1.29 is 9.26 Å². The van der Waals surface area contributed by atoms with Crippen molar-refractivity contribution in [2.24, 2.45) is 4.99 Å². The van der Waals surface area contributed by atoms with Gasteiger partial charge in [0.1, 0.15) is 0 Å². The standard InChI is InChI=1S/C22H34N4O2/c1-4-19(5-2)21-16-20(28-26-21)17-25-22(23-3)24-13-9-14-27-15-12-18-10-7-6-8-11-18/h6-8,10-11,16,19H,4-5,9,12-15,17H2,1-3H3,(H2,23,24,25). The van der Waals surface area contributed by atoms with Crippen LogP contribution in [0.25, 0.3) is 0 Å². The number of nitrogens with one attached hydrogen (secondary N) is 2. The molecule has 0 unspecified atom stereocenters. The van der Waals surface area contributed by atoms with Gasteiger partial charge in [0.15, 0.2) is 11.7 Å². The van der Waals surface area contributed by atoms with Crippen molar-refractivity contribution in [2.45, 2.75) is 52.0 Å². The van der Waals surface area contributed by atoms with Gasteiger partial charge in [-0.15, -0.1) is 0 Å². The van der Waals surface area contributed by atoms with Gasteiger partial charge in [0.05, 0.1) is 18.8 Å². The summed E-state index contributed by atoms with van der Waals surface area (Å²) in [5.41, 5.74) is 2.35. The number of aromatic nitrogens is 1. The lowest BCUT2D eigenvalue weighted by Gasteiger charge is -2.11. The van der Waals surface area contributed by atoms with E-state index in [1.54, 1.807) is 7.05 Å². The molecule has 6 nitrogen and oxygen atoms in total. The van der Waals surface area contributed by atoms with Crippen LogP contribution in [0.15, 0.2) is 45.9 Å². The molecule has 2 rings (SSSR count). The van der Waals surface area contributed by atoms with Crippen LogP contribution in [-0.2, 0) is 17.7 Å². The van der Waals surface area contributed by atoms with E-state index in [4.69, 9.17) is 9.26 Å². The van der Waals surface area contributed by atoms with Crippen molar-refractivity contribution in [3.63, 3.8) is 0 Å². The Morgan fingerprint density at radius 3 is 2.64 bits per heavy atom. The molecule has 0 aliphatic rings. The fourth-order valence-corrected chi connectivity index (χ4v) is 3.02. The highest BCUT2D eigenvalue weighted by Gasteiger charge is 2.13. The fraction of sp³-hybridized carbons (Fsp3) is 0.545.